The molecule has 0 atom stereocenters. The molecule has 0 unspecified atom stereocenters. The molecule has 37 heavy (non-hydrogen) atoms. The SMILES string of the molecule is O=C(Nc1ccc(N2CCN(C(=O)c3cccc(F)c3)CC2)c(C(=O)N2CCCCC2)c1)c1cccs1. The molecule has 2 aliphatic heterocycles. The van der Waals surface area contributed by atoms with E-state index >= 15 is 0 Å². The zero-order valence-electron chi connectivity index (χ0n) is 20.5. The topological polar surface area (TPSA) is 73.0 Å². The van der Waals surface area contributed by atoms with Crippen LogP contribution in [0.3, 0.4) is 0 Å². The van der Waals surface area contributed by atoms with Crippen molar-refractivity contribution in [1.29, 1.82) is 0 Å². The molecule has 0 saturated carbocycles. The summed E-state index contributed by atoms with van der Waals surface area (Å²) in [5.41, 5.74) is 2.25. The van der Waals surface area contributed by atoms with Crippen LogP contribution in [0, 0.1) is 5.82 Å². The molecule has 0 aliphatic carbocycles. The van der Waals surface area contributed by atoms with Gasteiger partial charge in [0.05, 0.1) is 10.4 Å². The lowest BCUT2D eigenvalue weighted by molar-refractivity contribution is 0.0718. The third kappa shape index (κ3) is 5.67. The molecule has 3 heterocycles. The molecule has 2 fully saturated rings. The Hall–Kier alpha value is -3.72. The van der Waals surface area contributed by atoms with E-state index in [-0.39, 0.29) is 17.7 Å². The fourth-order valence-corrected chi connectivity index (χ4v) is 5.50. The zero-order chi connectivity index (χ0) is 25.8. The Balaban J connectivity index is 1.35. The molecule has 5 rings (SSSR count). The Labute approximate surface area is 219 Å². The van der Waals surface area contributed by atoms with Gasteiger partial charge in [0.2, 0.25) is 0 Å². The van der Waals surface area contributed by atoms with E-state index in [0.717, 1.165) is 38.0 Å². The monoisotopic (exact) mass is 520 g/mol. The van der Waals surface area contributed by atoms with Crippen molar-refractivity contribution in [2.75, 3.05) is 49.5 Å². The summed E-state index contributed by atoms with van der Waals surface area (Å²) in [6.45, 7) is 3.46. The standard InChI is InChI=1S/C28H29FN4O3S/c29-21-7-4-6-20(18-21)27(35)33-15-13-31(14-16-33)24-10-9-22(30-26(34)25-8-5-17-37-25)19-23(24)28(36)32-11-2-1-3-12-32/h4-10,17-19H,1-3,11-16H2,(H,30,34). The van der Waals surface area contributed by atoms with Gasteiger partial charge in [0.1, 0.15) is 5.82 Å². The molecule has 192 valence electrons. The molecule has 9 heteroatoms. The predicted octanol–water partition coefficient (Wildman–Crippen LogP) is 4.73. The van der Waals surface area contributed by atoms with E-state index < -0.39 is 5.82 Å². The Morgan fingerprint density at radius 1 is 0.784 bits per heavy atom. The highest BCUT2D eigenvalue weighted by molar-refractivity contribution is 7.12. The summed E-state index contributed by atoms with van der Waals surface area (Å²) in [6.07, 6.45) is 3.09. The summed E-state index contributed by atoms with van der Waals surface area (Å²) in [4.78, 5) is 45.4. The average Bonchev–Trinajstić information content (AvgIpc) is 3.48. The summed E-state index contributed by atoms with van der Waals surface area (Å²) in [7, 11) is 0. The van der Waals surface area contributed by atoms with Gasteiger partial charge in [-0.1, -0.05) is 12.1 Å². The third-order valence-corrected chi connectivity index (χ3v) is 7.72. The molecule has 3 aromatic rings. The van der Waals surface area contributed by atoms with Gasteiger partial charge in [-0.3, -0.25) is 14.4 Å². The van der Waals surface area contributed by atoms with Crippen LogP contribution in [0.1, 0.15) is 49.7 Å². The Morgan fingerprint density at radius 2 is 1.54 bits per heavy atom. The molecule has 0 bridgehead atoms. The molecule has 0 radical (unpaired) electrons. The zero-order valence-corrected chi connectivity index (χ0v) is 21.3. The van der Waals surface area contributed by atoms with Gasteiger partial charge >= 0.3 is 0 Å². The van der Waals surface area contributed by atoms with E-state index in [2.05, 4.69) is 10.2 Å². The smallest absolute Gasteiger partial charge is 0.265 e. The van der Waals surface area contributed by atoms with E-state index in [1.165, 1.54) is 29.5 Å². The molecule has 7 nitrogen and oxygen atoms in total. The molecule has 2 aromatic carbocycles. The fourth-order valence-electron chi connectivity index (χ4n) is 4.88. The molecule has 0 spiro atoms. The summed E-state index contributed by atoms with van der Waals surface area (Å²) in [5.74, 6) is -0.879. The van der Waals surface area contributed by atoms with E-state index in [4.69, 9.17) is 0 Å². The number of halogens is 1. The van der Waals surface area contributed by atoms with E-state index in [1.54, 1.807) is 23.1 Å². The van der Waals surface area contributed by atoms with E-state index in [0.29, 0.717) is 47.9 Å². The second-order valence-corrected chi connectivity index (χ2v) is 10.3. The number of amides is 3. The minimum atomic E-state index is -0.434. The lowest BCUT2D eigenvalue weighted by atomic mass is 10.1. The van der Waals surface area contributed by atoms with E-state index in [1.807, 2.05) is 28.5 Å². The number of carbonyl (C=O) groups is 3. The van der Waals surface area contributed by atoms with Crippen molar-refractivity contribution in [3.05, 3.63) is 81.8 Å². The van der Waals surface area contributed by atoms with Crippen LogP contribution in [0.25, 0.3) is 0 Å². The highest BCUT2D eigenvalue weighted by Crippen LogP contribution is 2.29. The van der Waals surface area contributed by atoms with Crippen molar-refractivity contribution in [2.24, 2.45) is 0 Å². The molecule has 2 saturated heterocycles. The average molecular weight is 521 g/mol. The first-order valence-corrected chi connectivity index (χ1v) is 13.5. The number of thiophene rings is 1. The van der Waals surface area contributed by atoms with Crippen molar-refractivity contribution in [3.63, 3.8) is 0 Å². The Kier molecular flexibility index (Phi) is 7.50. The van der Waals surface area contributed by atoms with Crippen molar-refractivity contribution >= 4 is 40.4 Å². The quantitative estimate of drug-likeness (QED) is 0.528. The summed E-state index contributed by atoms with van der Waals surface area (Å²) in [5, 5.41) is 4.77. The minimum Gasteiger partial charge on any atom is -0.367 e. The lowest BCUT2D eigenvalue weighted by Crippen LogP contribution is -2.49. The van der Waals surface area contributed by atoms with Crippen LogP contribution in [0.2, 0.25) is 0 Å². The van der Waals surface area contributed by atoms with Gasteiger partial charge in [0, 0.05) is 56.2 Å². The second-order valence-electron chi connectivity index (χ2n) is 9.31. The number of piperazine rings is 1. The molecular formula is C28H29FN4O3S. The largest absolute Gasteiger partial charge is 0.367 e. The first-order valence-electron chi connectivity index (χ1n) is 12.6. The van der Waals surface area contributed by atoms with Crippen molar-refractivity contribution in [1.82, 2.24) is 9.80 Å². The van der Waals surface area contributed by atoms with Crippen molar-refractivity contribution in [2.45, 2.75) is 19.3 Å². The molecule has 3 amide bonds. The van der Waals surface area contributed by atoms with Crippen LogP contribution >= 0.6 is 11.3 Å². The van der Waals surface area contributed by atoms with Gasteiger partial charge < -0.3 is 20.0 Å². The van der Waals surface area contributed by atoms with Crippen LogP contribution in [-0.4, -0.2) is 66.8 Å². The van der Waals surface area contributed by atoms with Crippen LogP contribution in [0.5, 0.6) is 0 Å². The number of anilines is 2. The summed E-state index contributed by atoms with van der Waals surface area (Å²) in [6, 6.07) is 14.8. The number of hydrogen-bond donors (Lipinski definition) is 1. The molecule has 1 N–H and O–H groups in total. The first kappa shape index (κ1) is 25.0. The molecular weight excluding hydrogens is 491 g/mol. The van der Waals surface area contributed by atoms with E-state index in [9.17, 15) is 18.8 Å². The highest BCUT2D eigenvalue weighted by Gasteiger charge is 2.27. The number of rotatable bonds is 5. The second kappa shape index (κ2) is 11.1. The van der Waals surface area contributed by atoms with Gasteiger partial charge in [-0.15, -0.1) is 11.3 Å². The fraction of sp³-hybridized carbons (Fsp3) is 0.321. The van der Waals surface area contributed by atoms with Crippen molar-refractivity contribution < 1.29 is 18.8 Å². The highest BCUT2D eigenvalue weighted by atomic mass is 32.1. The third-order valence-electron chi connectivity index (χ3n) is 6.85. The maximum Gasteiger partial charge on any atom is 0.265 e. The maximum atomic E-state index is 13.6. The Bertz CT molecular complexity index is 1280. The van der Waals surface area contributed by atoms with Crippen LogP contribution in [-0.2, 0) is 0 Å². The van der Waals surface area contributed by atoms with Crippen LogP contribution < -0.4 is 10.2 Å². The summed E-state index contributed by atoms with van der Waals surface area (Å²) < 4.78 is 13.6. The Morgan fingerprint density at radius 3 is 2.24 bits per heavy atom. The molecule has 2 aliphatic rings. The van der Waals surface area contributed by atoms with Gasteiger partial charge in [-0.2, -0.15) is 0 Å². The van der Waals surface area contributed by atoms with Gasteiger partial charge in [0.25, 0.3) is 17.7 Å². The van der Waals surface area contributed by atoms with Gasteiger partial charge in [0.15, 0.2) is 0 Å². The minimum absolute atomic E-state index is 0.0415. The first-order chi connectivity index (χ1) is 18.0. The maximum absolute atomic E-state index is 13.6. The predicted molar refractivity (Wildman–Crippen MR) is 143 cm³/mol. The number of carbonyl (C=O) groups excluding carboxylic acids is 3. The number of hydrogen-bond acceptors (Lipinski definition) is 5. The summed E-state index contributed by atoms with van der Waals surface area (Å²) >= 11 is 1.36. The number of nitrogens with one attached hydrogen (secondary N) is 1. The number of nitrogens with zero attached hydrogens (tertiary/aromatic N) is 3. The van der Waals surface area contributed by atoms with Crippen molar-refractivity contribution in [3.8, 4) is 0 Å². The number of benzene rings is 2. The number of likely N-dealkylation sites (tertiary alicyclic amines) is 1. The van der Waals surface area contributed by atoms with Gasteiger partial charge in [-0.25, -0.2) is 4.39 Å². The normalized spacial score (nSPS) is 16.0. The number of piperidine rings is 1. The van der Waals surface area contributed by atoms with Crippen LogP contribution in [0.4, 0.5) is 15.8 Å². The van der Waals surface area contributed by atoms with Gasteiger partial charge in [-0.05, 0) is 67.1 Å². The van der Waals surface area contributed by atoms with Crippen LogP contribution in [0.15, 0.2) is 60.0 Å². The molecule has 1 aromatic heterocycles. The lowest BCUT2D eigenvalue weighted by Gasteiger charge is -2.37.